The molecule has 2 aromatic heterocycles. The van der Waals surface area contributed by atoms with Crippen LogP contribution in [0.1, 0.15) is 76.2 Å². The zero-order valence-electron chi connectivity index (χ0n) is 34.5. The van der Waals surface area contributed by atoms with E-state index in [1.54, 1.807) is 28.4 Å². The molecule has 0 amide bonds. The Bertz CT molecular complexity index is 2070. The first-order valence-electron chi connectivity index (χ1n) is 20.2. The fourth-order valence-electron chi connectivity index (χ4n) is 7.45. The lowest BCUT2D eigenvalue weighted by atomic mass is 9.98. The number of nitrogen functional groups attached to an aromatic ring is 1. The van der Waals surface area contributed by atoms with E-state index in [4.69, 9.17) is 50.5 Å². The number of halogens is 1. The lowest BCUT2D eigenvalue weighted by Crippen LogP contribution is -2.05. The molecule has 3 aliphatic rings. The van der Waals surface area contributed by atoms with E-state index in [1.807, 2.05) is 60.8 Å². The Hall–Kier alpha value is -5.01. The average molecular weight is 826 g/mol. The smallest absolute Gasteiger partial charge is 0.155 e. The minimum absolute atomic E-state index is 0.322. The number of anilines is 1. The molecule has 0 radical (unpaired) electrons. The van der Waals surface area contributed by atoms with Crippen molar-refractivity contribution >= 4 is 17.3 Å². The summed E-state index contributed by atoms with van der Waals surface area (Å²) >= 11 is 6.21. The van der Waals surface area contributed by atoms with Crippen molar-refractivity contribution in [3.05, 3.63) is 123 Å². The van der Waals surface area contributed by atoms with Gasteiger partial charge in [-0.2, -0.15) is 15.3 Å². The monoisotopic (exact) mass is 825 g/mol. The Labute approximate surface area is 352 Å². The van der Waals surface area contributed by atoms with E-state index in [-0.39, 0.29) is 0 Å². The molecule has 3 saturated heterocycles. The van der Waals surface area contributed by atoms with E-state index in [9.17, 15) is 0 Å². The number of aromatic nitrogens is 4. The molecular formula is C46H56ClN5O7. The third-order valence-corrected chi connectivity index (χ3v) is 11.2. The van der Waals surface area contributed by atoms with Crippen molar-refractivity contribution in [2.24, 2.45) is 0 Å². The van der Waals surface area contributed by atoms with Crippen LogP contribution in [0.2, 0.25) is 5.15 Å². The van der Waals surface area contributed by atoms with Gasteiger partial charge in [-0.3, -0.25) is 0 Å². The number of nitrogens with two attached hydrogens (primary N) is 1. The Balaban J connectivity index is 0.000000157. The van der Waals surface area contributed by atoms with Gasteiger partial charge in [0.1, 0.15) is 23.0 Å². The molecule has 0 aliphatic carbocycles. The Morgan fingerprint density at radius 2 is 1.15 bits per heavy atom. The zero-order valence-corrected chi connectivity index (χ0v) is 35.3. The van der Waals surface area contributed by atoms with E-state index >= 15 is 0 Å². The molecule has 59 heavy (non-hydrogen) atoms. The molecular weight excluding hydrogens is 770 g/mol. The normalized spacial score (nSPS) is 18.3. The first kappa shape index (κ1) is 43.6. The third kappa shape index (κ3) is 12.5. The number of rotatable bonds is 13. The van der Waals surface area contributed by atoms with Crippen LogP contribution in [-0.4, -0.2) is 88.5 Å². The predicted octanol–water partition coefficient (Wildman–Crippen LogP) is 7.99. The fraction of sp³-hybridized carbons (Fsp3) is 0.435. The second-order valence-corrected chi connectivity index (χ2v) is 15.1. The minimum Gasteiger partial charge on any atom is -0.497 e. The molecule has 0 spiro atoms. The van der Waals surface area contributed by atoms with Gasteiger partial charge in [-0.05, 0) is 109 Å². The standard InChI is InChI=1S/C18H21ClN2O3.C18H22N2O3.C10H13NO/c1-22-15-6-4-12(17(10-15)23-2)3-5-14-9-16(18(19)21-20-14)13-7-8-24-11-13;1-21-17-6-4-13(18(10-17)22-2)3-5-16-9-15(11-19-20-16)14-7-8-23-12-14;11-10-3-1-2-8(6-10)9-4-5-12-7-9/h4,6,9-10,13H,3,5,7-8,11H2,1-2H3;4,6,9-11,14H,3,5,7-8,12H2,1-2H3;1-3,6,9H,4-5,7,11H2. The maximum atomic E-state index is 6.21. The van der Waals surface area contributed by atoms with Gasteiger partial charge in [-0.15, -0.1) is 5.10 Å². The minimum atomic E-state index is 0.322. The van der Waals surface area contributed by atoms with Gasteiger partial charge in [0.25, 0.3) is 0 Å². The Kier molecular flexibility index (Phi) is 16.5. The van der Waals surface area contributed by atoms with Gasteiger partial charge in [0, 0.05) is 55.4 Å². The van der Waals surface area contributed by atoms with E-state index in [2.05, 4.69) is 38.6 Å². The summed E-state index contributed by atoms with van der Waals surface area (Å²) in [6.45, 7) is 4.85. The highest BCUT2D eigenvalue weighted by molar-refractivity contribution is 6.30. The van der Waals surface area contributed by atoms with Crippen LogP contribution in [-0.2, 0) is 39.9 Å². The summed E-state index contributed by atoms with van der Waals surface area (Å²) in [6.07, 6.45) is 8.30. The lowest BCUT2D eigenvalue weighted by molar-refractivity contribution is 0.193. The first-order valence-corrected chi connectivity index (χ1v) is 20.6. The van der Waals surface area contributed by atoms with Crippen molar-refractivity contribution in [2.45, 2.75) is 62.7 Å². The number of aryl methyl sites for hydroxylation is 4. The number of nitrogens with zero attached hydrogens (tertiary/aromatic N) is 4. The van der Waals surface area contributed by atoms with Crippen molar-refractivity contribution in [2.75, 3.05) is 73.8 Å². The molecule has 5 aromatic rings. The summed E-state index contributed by atoms with van der Waals surface area (Å²) in [4.78, 5) is 0. The predicted molar refractivity (Wildman–Crippen MR) is 228 cm³/mol. The average Bonchev–Trinajstić information content (AvgIpc) is 4.12. The number of hydrogen-bond acceptors (Lipinski definition) is 12. The summed E-state index contributed by atoms with van der Waals surface area (Å²) in [5, 5.41) is 17.2. The summed E-state index contributed by atoms with van der Waals surface area (Å²) < 4.78 is 37.6. The van der Waals surface area contributed by atoms with Gasteiger partial charge in [0.2, 0.25) is 0 Å². The molecule has 3 unspecified atom stereocenters. The molecule has 3 fully saturated rings. The van der Waals surface area contributed by atoms with E-state index in [0.29, 0.717) is 29.5 Å². The fourth-order valence-corrected chi connectivity index (χ4v) is 7.69. The lowest BCUT2D eigenvalue weighted by Gasteiger charge is -2.12. The molecule has 5 heterocycles. The number of benzene rings is 3. The Morgan fingerprint density at radius 3 is 1.68 bits per heavy atom. The van der Waals surface area contributed by atoms with Crippen LogP contribution in [0.25, 0.3) is 0 Å². The van der Waals surface area contributed by atoms with E-state index < -0.39 is 0 Å². The quantitative estimate of drug-likeness (QED) is 0.115. The first-order chi connectivity index (χ1) is 28.9. The maximum absolute atomic E-state index is 6.21. The van der Waals surface area contributed by atoms with Gasteiger partial charge >= 0.3 is 0 Å². The molecule has 0 bridgehead atoms. The zero-order chi connectivity index (χ0) is 41.4. The highest BCUT2D eigenvalue weighted by atomic mass is 35.5. The van der Waals surface area contributed by atoms with E-state index in [1.165, 1.54) is 11.1 Å². The van der Waals surface area contributed by atoms with Crippen molar-refractivity contribution < 1.29 is 33.2 Å². The third-order valence-electron chi connectivity index (χ3n) is 10.9. The van der Waals surface area contributed by atoms with Crippen molar-refractivity contribution in [3.8, 4) is 23.0 Å². The van der Waals surface area contributed by atoms with Crippen LogP contribution >= 0.6 is 11.6 Å². The molecule has 3 atom stereocenters. The van der Waals surface area contributed by atoms with Crippen molar-refractivity contribution in [1.29, 1.82) is 0 Å². The van der Waals surface area contributed by atoms with Gasteiger partial charge in [0.05, 0.1) is 65.8 Å². The molecule has 13 heteroatoms. The van der Waals surface area contributed by atoms with Gasteiger partial charge in [-0.25, -0.2) is 0 Å². The van der Waals surface area contributed by atoms with Crippen LogP contribution in [0.4, 0.5) is 5.69 Å². The molecule has 8 rings (SSSR count). The SMILES string of the molecule is COc1ccc(CCc2cc(C3CCOC3)c(Cl)nn2)c(OC)c1.COc1ccc(CCc2cc(C3CCOC3)cnn2)c(OC)c1.Nc1cccc(C2CCOC2)c1. The highest BCUT2D eigenvalue weighted by Crippen LogP contribution is 2.32. The van der Waals surface area contributed by atoms with Gasteiger partial charge in [-0.1, -0.05) is 35.9 Å². The van der Waals surface area contributed by atoms with Crippen LogP contribution in [0, 0.1) is 0 Å². The molecule has 314 valence electrons. The molecule has 0 saturated carbocycles. The van der Waals surface area contributed by atoms with Crippen LogP contribution in [0.15, 0.2) is 79.0 Å². The summed E-state index contributed by atoms with van der Waals surface area (Å²) in [6, 6.07) is 24.1. The summed E-state index contributed by atoms with van der Waals surface area (Å²) in [5.41, 5.74) is 14.3. The molecule has 12 nitrogen and oxygen atoms in total. The number of methoxy groups -OCH3 is 4. The van der Waals surface area contributed by atoms with E-state index in [0.717, 1.165) is 135 Å². The van der Waals surface area contributed by atoms with Gasteiger partial charge in [0.15, 0.2) is 5.15 Å². The highest BCUT2D eigenvalue weighted by Gasteiger charge is 2.22. The van der Waals surface area contributed by atoms with Crippen molar-refractivity contribution in [1.82, 2.24) is 20.4 Å². The second kappa shape index (κ2) is 22.4. The number of ether oxygens (including phenoxy) is 7. The van der Waals surface area contributed by atoms with Crippen LogP contribution in [0.3, 0.4) is 0 Å². The molecule has 3 aromatic carbocycles. The molecule has 3 aliphatic heterocycles. The number of hydrogen-bond donors (Lipinski definition) is 1. The largest absolute Gasteiger partial charge is 0.497 e. The van der Waals surface area contributed by atoms with Crippen LogP contribution in [0.5, 0.6) is 23.0 Å². The van der Waals surface area contributed by atoms with Crippen LogP contribution < -0.4 is 24.7 Å². The summed E-state index contributed by atoms with van der Waals surface area (Å²) in [5.74, 6) is 4.59. The maximum Gasteiger partial charge on any atom is 0.155 e. The van der Waals surface area contributed by atoms with Crippen molar-refractivity contribution in [3.63, 3.8) is 0 Å². The second-order valence-electron chi connectivity index (χ2n) is 14.8. The summed E-state index contributed by atoms with van der Waals surface area (Å²) in [7, 11) is 6.64. The Morgan fingerprint density at radius 1 is 0.593 bits per heavy atom. The molecule has 2 N–H and O–H groups in total. The topological polar surface area (TPSA) is 142 Å². The van der Waals surface area contributed by atoms with Gasteiger partial charge < -0.3 is 38.9 Å².